The van der Waals surface area contributed by atoms with Gasteiger partial charge < -0.3 is 9.15 Å². The highest BCUT2D eigenvalue weighted by molar-refractivity contribution is 7.99. The summed E-state index contributed by atoms with van der Waals surface area (Å²) < 4.78 is 9.89. The molecule has 20 heavy (non-hydrogen) atoms. The maximum Gasteiger partial charge on any atom is 0.396 e. The average molecular weight is 310 g/mol. The van der Waals surface area contributed by atoms with Gasteiger partial charge in [-0.25, -0.2) is 4.79 Å². The van der Waals surface area contributed by atoms with Gasteiger partial charge in [0.05, 0.1) is 23.3 Å². The first kappa shape index (κ1) is 14.4. The first-order valence-corrected chi connectivity index (χ1v) is 6.71. The van der Waals surface area contributed by atoms with Gasteiger partial charge in [0.1, 0.15) is 0 Å². The molecule has 0 aliphatic carbocycles. The largest absolute Gasteiger partial charge is 0.459 e. The van der Waals surface area contributed by atoms with Crippen molar-refractivity contribution in [3.8, 4) is 6.07 Å². The molecule has 2 rings (SSSR count). The first-order chi connectivity index (χ1) is 9.63. The second-order valence-electron chi connectivity index (χ2n) is 3.45. The Labute approximate surface area is 123 Å². The minimum absolute atomic E-state index is 0.166. The molecule has 0 aliphatic rings. The third kappa shape index (κ3) is 3.29. The zero-order chi connectivity index (χ0) is 14.5. The summed E-state index contributed by atoms with van der Waals surface area (Å²) in [6.07, 6.45) is 0. The molecular weight excluding hydrogens is 302 g/mol. The zero-order valence-corrected chi connectivity index (χ0v) is 11.9. The molecule has 0 unspecified atom stereocenters. The SMILES string of the molecule is CCOC(=O)c1nnc(Sc2ccc(C#N)cc2Cl)o1. The van der Waals surface area contributed by atoms with Crippen LogP contribution in [0.1, 0.15) is 23.2 Å². The second-order valence-corrected chi connectivity index (χ2v) is 4.85. The summed E-state index contributed by atoms with van der Waals surface area (Å²) in [6, 6.07) is 6.81. The van der Waals surface area contributed by atoms with Crippen LogP contribution in [0.25, 0.3) is 0 Å². The monoisotopic (exact) mass is 309 g/mol. The first-order valence-electron chi connectivity index (χ1n) is 5.52. The molecular formula is C12H8ClN3O3S. The number of rotatable bonds is 4. The minimum atomic E-state index is -0.669. The van der Waals surface area contributed by atoms with E-state index in [4.69, 9.17) is 26.0 Å². The Kier molecular flexibility index (Phi) is 4.61. The van der Waals surface area contributed by atoms with E-state index < -0.39 is 5.97 Å². The van der Waals surface area contributed by atoms with Gasteiger partial charge in [-0.2, -0.15) is 5.26 Å². The second kappa shape index (κ2) is 6.41. The standard InChI is InChI=1S/C12H8ClN3O3S/c1-2-18-11(17)10-15-16-12(19-10)20-9-4-3-7(6-14)5-8(9)13/h3-5H,2H2,1H3. The quantitative estimate of drug-likeness (QED) is 0.802. The maximum absolute atomic E-state index is 11.4. The van der Waals surface area contributed by atoms with Crippen molar-refractivity contribution in [1.29, 1.82) is 5.26 Å². The molecule has 2 aromatic rings. The number of carbonyl (C=O) groups is 1. The number of aromatic nitrogens is 2. The van der Waals surface area contributed by atoms with Crippen LogP contribution in [-0.2, 0) is 4.74 Å². The van der Waals surface area contributed by atoms with Crippen molar-refractivity contribution in [2.45, 2.75) is 17.0 Å². The van der Waals surface area contributed by atoms with Gasteiger partial charge in [0.25, 0.3) is 5.22 Å². The molecule has 0 saturated heterocycles. The smallest absolute Gasteiger partial charge is 0.396 e. The van der Waals surface area contributed by atoms with Crippen LogP contribution < -0.4 is 0 Å². The van der Waals surface area contributed by atoms with Crippen molar-refractivity contribution in [3.63, 3.8) is 0 Å². The normalized spacial score (nSPS) is 10.1. The maximum atomic E-state index is 11.4. The number of nitriles is 1. The number of carbonyl (C=O) groups excluding carboxylic acids is 1. The molecule has 6 nitrogen and oxygen atoms in total. The van der Waals surface area contributed by atoms with Crippen LogP contribution in [0, 0.1) is 11.3 Å². The predicted molar refractivity (Wildman–Crippen MR) is 70.5 cm³/mol. The number of ether oxygens (including phenoxy) is 1. The van der Waals surface area contributed by atoms with Crippen molar-refractivity contribution in [3.05, 3.63) is 34.7 Å². The van der Waals surface area contributed by atoms with E-state index in [9.17, 15) is 4.79 Å². The summed E-state index contributed by atoms with van der Waals surface area (Å²) in [5.41, 5.74) is 0.456. The average Bonchev–Trinajstić information content (AvgIpc) is 2.90. The van der Waals surface area contributed by atoms with Gasteiger partial charge in [-0.15, -0.1) is 5.10 Å². The van der Waals surface area contributed by atoms with E-state index in [0.29, 0.717) is 15.5 Å². The Morgan fingerprint density at radius 1 is 1.55 bits per heavy atom. The summed E-state index contributed by atoms with van der Waals surface area (Å²) in [4.78, 5) is 12.0. The summed E-state index contributed by atoms with van der Waals surface area (Å²) in [5, 5.41) is 16.6. The number of esters is 1. The fraction of sp³-hybridized carbons (Fsp3) is 0.167. The van der Waals surface area contributed by atoms with E-state index in [1.54, 1.807) is 19.1 Å². The predicted octanol–water partition coefficient (Wildman–Crippen LogP) is 2.92. The summed E-state index contributed by atoms with van der Waals surface area (Å²) in [7, 11) is 0. The molecule has 0 aliphatic heterocycles. The van der Waals surface area contributed by atoms with Crippen LogP contribution >= 0.6 is 23.4 Å². The van der Waals surface area contributed by atoms with E-state index in [0.717, 1.165) is 11.8 Å². The molecule has 1 heterocycles. The Bertz CT molecular complexity index is 681. The molecule has 0 saturated carbocycles. The van der Waals surface area contributed by atoms with E-state index in [-0.39, 0.29) is 17.7 Å². The molecule has 8 heteroatoms. The zero-order valence-electron chi connectivity index (χ0n) is 10.3. The molecule has 0 amide bonds. The van der Waals surface area contributed by atoms with Crippen LogP contribution in [-0.4, -0.2) is 22.8 Å². The van der Waals surface area contributed by atoms with Crippen LogP contribution in [0.2, 0.25) is 5.02 Å². The lowest BCUT2D eigenvalue weighted by Gasteiger charge is -2.00. The lowest BCUT2D eigenvalue weighted by molar-refractivity contribution is 0.0475. The van der Waals surface area contributed by atoms with Crippen LogP contribution in [0.5, 0.6) is 0 Å². The van der Waals surface area contributed by atoms with Crippen molar-refractivity contribution < 1.29 is 13.9 Å². The number of nitrogens with zero attached hydrogens (tertiary/aromatic N) is 3. The fourth-order valence-electron chi connectivity index (χ4n) is 1.27. The highest BCUT2D eigenvalue weighted by Crippen LogP contribution is 2.32. The number of benzene rings is 1. The molecule has 0 N–H and O–H groups in total. The Morgan fingerprint density at radius 3 is 3.00 bits per heavy atom. The van der Waals surface area contributed by atoms with Gasteiger partial charge in [0.15, 0.2) is 0 Å². The van der Waals surface area contributed by atoms with Crippen LogP contribution in [0.3, 0.4) is 0 Å². The molecule has 0 fully saturated rings. The highest BCUT2D eigenvalue weighted by Gasteiger charge is 2.17. The molecule has 0 spiro atoms. The van der Waals surface area contributed by atoms with Crippen molar-refractivity contribution in [1.82, 2.24) is 10.2 Å². The molecule has 0 bridgehead atoms. The van der Waals surface area contributed by atoms with Crippen molar-refractivity contribution in [2.75, 3.05) is 6.61 Å². The Morgan fingerprint density at radius 2 is 2.35 bits per heavy atom. The van der Waals surface area contributed by atoms with E-state index in [1.807, 2.05) is 6.07 Å². The van der Waals surface area contributed by atoms with Gasteiger partial charge >= 0.3 is 11.9 Å². The van der Waals surface area contributed by atoms with Crippen molar-refractivity contribution >= 4 is 29.3 Å². The fourth-order valence-corrected chi connectivity index (χ4v) is 2.25. The van der Waals surface area contributed by atoms with E-state index in [1.165, 1.54) is 6.07 Å². The lowest BCUT2D eigenvalue weighted by atomic mass is 10.2. The molecule has 0 radical (unpaired) electrons. The highest BCUT2D eigenvalue weighted by atomic mass is 35.5. The minimum Gasteiger partial charge on any atom is -0.459 e. The van der Waals surface area contributed by atoms with Gasteiger partial charge in [0.2, 0.25) is 0 Å². The third-order valence-corrected chi connectivity index (χ3v) is 3.46. The van der Waals surface area contributed by atoms with Crippen molar-refractivity contribution in [2.24, 2.45) is 0 Å². The Hall–Kier alpha value is -2.04. The topological polar surface area (TPSA) is 89.0 Å². The third-order valence-electron chi connectivity index (χ3n) is 2.11. The molecule has 0 atom stereocenters. The number of halogens is 1. The van der Waals surface area contributed by atoms with E-state index >= 15 is 0 Å². The van der Waals surface area contributed by atoms with Crippen LogP contribution in [0.15, 0.2) is 32.7 Å². The number of hydrogen-bond acceptors (Lipinski definition) is 7. The number of hydrogen-bond donors (Lipinski definition) is 0. The van der Waals surface area contributed by atoms with Gasteiger partial charge in [-0.3, -0.25) is 0 Å². The van der Waals surface area contributed by atoms with Gasteiger partial charge in [-0.05, 0) is 36.9 Å². The van der Waals surface area contributed by atoms with E-state index in [2.05, 4.69) is 10.2 Å². The Balaban J connectivity index is 2.15. The molecule has 102 valence electrons. The summed E-state index contributed by atoms with van der Waals surface area (Å²) in [5.74, 6) is -0.878. The van der Waals surface area contributed by atoms with Gasteiger partial charge in [0, 0.05) is 4.90 Å². The molecule has 1 aromatic heterocycles. The summed E-state index contributed by atoms with van der Waals surface area (Å²) >= 11 is 7.12. The van der Waals surface area contributed by atoms with Gasteiger partial charge in [-0.1, -0.05) is 16.7 Å². The van der Waals surface area contributed by atoms with Crippen LogP contribution in [0.4, 0.5) is 0 Å². The lowest BCUT2D eigenvalue weighted by Crippen LogP contribution is -2.04. The summed E-state index contributed by atoms with van der Waals surface area (Å²) in [6.45, 7) is 1.91. The molecule has 1 aromatic carbocycles.